The monoisotopic (exact) mass is 429 g/mol. The van der Waals surface area contributed by atoms with E-state index in [1.165, 1.54) is 0 Å². The van der Waals surface area contributed by atoms with Crippen LogP contribution in [0.15, 0.2) is 27.4 Å². The average molecular weight is 430 g/mol. The van der Waals surface area contributed by atoms with Crippen LogP contribution in [0.2, 0.25) is 0 Å². The minimum absolute atomic E-state index is 0.390. The Bertz CT molecular complexity index is 1180. The molecule has 0 bridgehead atoms. The van der Waals surface area contributed by atoms with Crippen molar-refractivity contribution in [2.75, 3.05) is 0 Å². The van der Waals surface area contributed by atoms with Gasteiger partial charge in [-0.15, -0.1) is 16.8 Å². The molecule has 30 heavy (non-hydrogen) atoms. The third-order valence-corrected chi connectivity index (χ3v) is 6.31. The molecule has 0 aliphatic heterocycles. The highest BCUT2D eigenvalue weighted by atomic mass is 32.2. The Kier molecular flexibility index (Phi) is 5.94. The Labute approximate surface area is 178 Å². The predicted molar refractivity (Wildman–Crippen MR) is 117 cm³/mol. The fourth-order valence-corrected chi connectivity index (χ4v) is 4.57. The summed E-state index contributed by atoms with van der Waals surface area (Å²) < 4.78 is 5.57. The maximum Gasteiger partial charge on any atom is 0.330 e. The van der Waals surface area contributed by atoms with Crippen LogP contribution in [-0.4, -0.2) is 33.9 Å². The maximum atomic E-state index is 12.5. The second-order valence-electron chi connectivity index (χ2n) is 7.51. The van der Waals surface area contributed by atoms with Gasteiger partial charge in [0.15, 0.2) is 16.3 Å². The third kappa shape index (κ3) is 3.76. The van der Waals surface area contributed by atoms with Gasteiger partial charge in [0.2, 0.25) is 0 Å². The topological polar surface area (TPSA) is 103 Å². The summed E-state index contributed by atoms with van der Waals surface area (Å²) in [7, 11) is 0. The van der Waals surface area contributed by atoms with Gasteiger partial charge in [-0.2, -0.15) is 0 Å². The minimum Gasteiger partial charge on any atom is -0.322 e. The van der Waals surface area contributed by atoms with Crippen LogP contribution >= 0.6 is 11.8 Å². The number of H-pyrrole nitrogens is 1. The highest BCUT2D eigenvalue weighted by molar-refractivity contribution is 7.98. The van der Waals surface area contributed by atoms with Crippen LogP contribution in [0, 0.1) is 0 Å². The van der Waals surface area contributed by atoms with Crippen LogP contribution < -0.4 is 11.2 Å². The Morgan fingerprint density at radius 1 is 1.20 bits per heavy atom. The number of thioether (sulfide) groups is 1. The van der Waals surface area contributed by atoms with Crippen molar-refractivity contribution in [1.29, 1.82) is 0 Å². The lowest BCUT2D eigenvalue weighted by Gasteiger charge is -2.08. The van der Waals surface area contributed by atoms with Gasteiger partial charge in [-0.1, -0.05) is 31.2 Å². The molecule has 4 rings (SSSR count). The molecule has 0 aromatic carbocycles. The standard InChI is InChI=1S/C20H27N7O2S/c1-4-7-11-26-17-15(18(28)22-19(26)29)25(6-3)14(21-17)12-30-20-24-23-16(13-8-9-13)27(20)10-5-2/h5,13H,2,4,6-12H2,1,3H3,(H,22,28,29). The molecule has 10 heteroatoms. The zero-order chi connectivity index (χ0) is 21.3. The van der Waals surface area contributed by atoms with E-state index in [-0.39, 0.29) is 5.56 Å². The van der Waals surface area contributed by atoms with E-state index in [1.807, 2.05) is 17.6 Å². The van der Waals surface area contributed by atoms with Crippen molar-refractivity contribution >= 4 is 22.9 Å². The summed E-state index contributed by atoms with van der Waals surface area (Å²) in [5, 5.41) is 9.59. The van der Waals surface area contributed by atoms with Crippen LogP contribution in [0.1, 0.15) is 57.1 Å². The van der Waals surface area contributed by atoms with Crippen molar-refractivity contribution in [3.05, 3.63) is 45.1 Å². The first kappa shape index (κ1) is 20.6. The molecule has 1 N–H and O–H groups in total. The fourth-order valence-electron chi connectivity index (χ4n) is 3.67. The molecule has 0 saturated heterocycles. The number of hydrogen-bond donors (Lipinski definition) is 1. The highest BCUT2D eigenvalue weighted by Gasteiger charge is 2.30. The first-order valence-electron chi connectivity index (χ1n) is 10.5. The molecule has 3 aromatic rings. The molecular formula is C20H27N7O2S. The van der Waals surface area contributed by atoms with E-state index in [0.29, 0.717) is 42.5 Å². The molecule has 0 spiro atoms. The number of imidazole rings is 1. The van der Waals surface area contributed by atoms with Crippen LogP contribution in [0.3, 0.4) is 0 Å². The van der Waals surface area contributed by atoms with E-state index in [0.717, 1.165) is 42.5 Å². The van der Waals surface area contributed by atoms with Gasteiger partial charge in [-0.3, -0.25) is 14.3 Å². The number of unbranched alkanes of at least 4 members (excludes halogenated alkanes) is 1. The summed E-state index contributed by atoms with van der Waals surface area (Å²) >= 11 is 1.54. The van der Waals surface area contributed by atoms with Gasteiger partial charge in [0, 0.05) is 25.6 Å². The number of allylic oxidation sites excluding steroid dienone is 1. The molecule has 1 fully saturated rings. The Balaban J connectivity index is 1.70. The summed E-state index contributed by atoms with van der Waals surface area (Å²) in [4.78, 5) is 32.1. The number of rotatable bonds is 10. The molecule has 160 valence electrons. The molecule has 1 aliphatic carbocycles. The van der Waals surface area contributed by atoms with Crippen molar-refractivity contribution < 1.29 is 0 Å². The zero-order valence-electron chi connectivity index (χ0n) is 17.4. The van der Waals surface area contributed by atoms with E-state index in [2.05, 4.69) is 33.3 Å². The van der Waals surface area contributed by atoms with Crippen molar-refractivity contribution in [3.63, 3.8) is 0 Å². The Morgan fingerprint density at radius 3 is 2.67 bits per heavy atom. The molecule has 0 atom stereocenters. The minimum atomic E-state index is -0.402. The van der Waals surface area contributed by atoms with Gasteiger partial charge in [-0.25, -0.2) is 9.78 Å². The van der Waals surface area contributed by atoms with Gasteiger partial charge in [0.05, 0.1) is 5.75 Å². The number of hydrogen-bond acceptors (Lipinski definition) is 6. The van der Waals surface area contributed by atoms with Gasteiger partial charge in [-0.05, 0) is 26.2 Å². The summed E-state index contributed by atoms with van der Waals surface area (Å²) in [6, 6.07) is 0. The molecule has 9 nitrogen and oxygen atoms in total. The Hall–Kier alpha value is -2.62. The molecule has 1 aliphatic rings. The number of fused-ring (bicyclic) bond motifs is 1. The van der Waals surface area contributed by atoms with E-state index < -0.39 is 5.69 Å². The molecule has 0 unspecified atom stereocenters. The summed E-state index contributed by atoms with van der Waals surface area (Å²) in [6.07, 6.45) is 5.96. The number of aromatic nitrogens is 7. The quantitative estimate of drug-likeness (QED) is 0.393. The maximum absolute atomic E-state index is 12.5. The van der Waals surface area contributed by atoms with Gasteiger partial charge < -0.3 is 9.13 Å². The number of nitrogens with one attached hydrogen (secondary N) is 1. The van der Waals surface area contributed by atoms with Crippen LogP contribution in [-0.2, 0) is 25.4 Å². The van der Waals surface area contributed by atoms with Crippen molar-refractivity contribution in [1.82, 2.24) is 33.9 Å². The molecular weight excluding hydrogens is 402 g/mol. The van der Waals surface area contributed by atoms with E-state index in [9.17, 15) is 9.59 Å². The largest absolute Gasteiger partial charge is 0.330 e. The smallest absolute Gasteiger partial charge is 0.322 e. The summed E-state index contributed by atoms with van der Waals surface area (Å²) in [5.41, 5.74) is 0.121. The molecule has 1 saturated carbocycles. The van der Waals surface area contributed by atoms with Crippen LogP contribution in [0.5, 0.6) is 0 Å². The van der Waals surface area contributed by atoms with Gasteiger partial charge in [0.1, 0.15) is 11.6 Å². The summed E-state index contributed by atoms with van der Waals surface area (Å²) in [5.74, 6) is 2.80. The molecule has 0 amide bonds. The predicted octanol–water partition coefficient (Wildman–Crippen LogP) is 2.65. The van der Waals surface area contributed by atoms with E-state index in [4.69, 9.17) is 4.98 Å². The van der Waals surface area contributed by atoms with Gasteiger partial charge >= 0.3 is 5.69 Å². The lowest BCUT2D eigenvalue weighted by Crippen LogP contribution is -2.31. The van der Waals surface area contributed by atoms with Crippen molar-refractivity contribution in [3.8, 4) is 0 Å². The lowest BCUT2D eigenvalue weighted by molar-refractivity contribution is 0.613. The average Bonchev–Trinajstić information content (AvgIpc) is 3.39. The van der Waals surface area contributed by atoms with Crippen molar-refractivity contribution in [2.24, 2.45) is 0 Å². The second-order valence-corrected chi connectivity index (χ2v) is 8.45. The SMILES string of the molecule is C=CCn1c(SCc2nc3c(c(=O)[nH]c(=O)n3CCCC)n2CC)nnc1C1CC1. The normalized spacial score (nSPS) is 13.9. The molecule has 3 aromatic heterocycles. The number of aryl methyl sites for hydroxylation is 2. The van der Waals surface area contributed by atoms with Gasteiger partial charge in [0.25, 0.3) is 5.56 Å². The third-order valence-electron chi connectivity index (χ3n) is 5.35. The van der Waals surface area contributed by atoms with E-state index >= 15 is 0 Å². The Morgan fingerprint density at radius 2 is 2.00 bits per heavy atom. The molecule has 3 heterocycles. The fraction of sp³-hybridized carbons (Fsp3) is 0.550. The first-order valence-corrected chi connectivity index (χ1v) is 11.5. The number of aromatic amines is 1. The lowest BCUT2D eigenvalue weighted by atomic mass is 10.3. The molecule has 0 radical (unpaired) electrons. The zero-order valence-corrected chi connectivity index (χ0v) is 18.2. The summed E-state index contributed by atoms with van der Waals surface area (Å²) in [6.45, 7) is 9.69. The van der Waals surface area contributed by atoms with Crippen molar-refractivity contribution in [2.45, 2.75) is 76.0 Å². The second kappa shape index (κ2) is 8.63. The first-order chi connectivity index (χ1) is 14.6. The van der Waals surface area contributed by atoms with Crippen LogP contribution in [0.25, 0.3) is 11.2 Å². The van der Waals surface area contributed by atoms with Crippen LogP contribution in [0.4, 0.5) is 0 Å². The highest BCUT2D eigenvalue weighted by Crippen LogP contribution is 2.40. The number of nitrogens with zero attached hydrogens (tertiary/aromatic N) is 6. The van der Waals surface area contributed by atoms with E-state index in [1.54, 1.807) is 16.3 Å².